The van der Waals surface area contributed by atoms with Gasteiger partial charge in [-0.1, -0.05) is 51.1 Å². The van der Waals surface area contributed by atoms with Crippen LogP contribution in [0, 0.1) is 5.41 Å². The largest absolute Gasteiger partial charge is 0.379 e. The second-order valence-electron chi connectivity index (χ2n) is 7.62. The van der Waals surface area contributed by atoms with Gasteiger partial charge in [0, 0.05) is 32.2 Å². The van der Waals surface area contributed by atoms with E-state index in [2.05, 4.69) is 60.6 Å². The molecular formula is C19H31N3O2. The Morgan fingerprint density at radius 1 is 1.17 bits per heavy atom. The molecule has 2 amide bonds. The molecule has 134 valence electrons. The molecule has 5 nitrogen and oxygen atoms in total. The first-order chi connectivity index (χ1) is 11.4. The first-order valence-corrected chi connectivity index (χ1v) is 8.81. The molecule has 1 aromatic carbocycles. The standard InChI is InChI=1S/C19H31N3O2/c1-19(2,3)15-21-18(23)20-14-17(22-9-11-24-12-10-22)13-16-7-5-4-6-8-16/h4-8,17H,9-15H2,1-3H3,(H2,20,21,23). The summed E-state index contributed by atoms with van der Waals surface area (Å²) in [5.41, 5.74) is 1.39. The van der Waals surface area contributed by atoms with Gasteiger partial charge in [-0.3, -0.25) is 4.90 Å². The summed E-state index contributed by atoms with van der Waals surface area (Å²) in [5.74, 6) is 0. The molecule has 1 aromatic rings. The van der Waals surface area contributed by atoms with Crippen LogP contribution < -0.4 is 10.6 Å². The van der Waals surface area contributed by atoms with Crippen molar-refractivity contribution < 1.29 is 9.53 Å². The molecule has 2 rings (SSSR count). The summed E-state index contributed by atoms with van der Waals surface area (Å²) in [6.07, 6.45) is 0.931. The fourth-order valence-electron chi connectivity index (χ4n) is 2.78. The summed E-state index contributed by atoms with van der Waals surface area (Å²) < 4.78 is 5.46. The van der Waals surface area contributed by atoms with Crippen molar-refractivity contribution in [3.63, 3.8) is 0 Å². The van der Waals surface area contributed by atoms with Gasteiger partial charge in [0.05, 0.1) is 13.2 Å². The van der Waals surface area contributed by atoms with Crippen molar-refractivity contribution in [2.24, 2.45) is 5.41 Å². The number of hydrogen-bond donors (Lipinski definition) is 2. The second-order valence-corrected chi connectivity index (χ2v) is 7.62. The Balaban J connectivity index is 1.89. The van der Waals surface area contributed by atoms with Crippen LogP contribution in [0.3, 0.4) is 0 Å². The van der Waals surface area contributed by atoms with Crippen LogP contribution >= 0.6 is 0 Å². The van der Waals surface area contributed by atoms with Gasteiger partial charge in [-0.2, -0.15) is 0 Å². The normalized spacial score (nSPS) is 17.3. The summed E-state index contributed by atoms with van der Waals surface area (Å²) >= 11 is 0. The van der Waals surface area contributed by atoms with Gasteiger partial charge in [-0.15, -0.1) is 0 Å². The molecule has 0 saturated carbocycles. The number of carbonyl (C=O) groups excluding carboxylic acids is 1. The summed E-state index contributed by atoms with van der Waals surface area (Å²) in [6.45, 7) is 11.0. The smallest absolute Gasteiger partial charge is 0.314 e. The number of benzene rings is 1. The zero-order valence-corrected chi connectivity index (χ0v) is 15.2. The van der Waals surface area contributed by atoms with Crippen molar-refractivity contribution in [1.82, 2.24) is 15.5 Å². The molecule has 2 N–H and O–H groups in total. The molecule has 0 bridgehead atoms. The van der Waals surface area contributed by atoms with E-state index in [1.54, 1.807) is 0 Å². The van der Waals surface area contributed by atoms with E-state index >= 15 is 0 Å². The van der Waals surface area contributed by atoms with Gasteiger partial charge < -0.3 is 15.4 Å². The first-order valence-electron chi connectivity index (χ1n) is 8.81. The first kappa shape index (κ1) is 18.7. The number of ether oxygens (including phenoxy) is 1. The van der Waals surface area contributed by atoms with E-state index in [-0.39, 0.29) is 17.5 Å². The lowest BCUT2D eigenvalue weighted by Gasteiger charge is -2.34. The van der Waals surface area contributed by atoms with Gasteiger partial charge in [-0.25, -0.2) is 4.79 Å². The Hall–Kier alpha value is -1.59. The molecule has 0 radical (unpaired) electrons. The Bertz CT molecular complexity index is 493. The van der Waals surface area contributed by atoms with Gasteiger partial charge in [0.15, 0.2) is 0 Å². The van der Waals surface area contributed by atoms with Crippen LogP contribution in [-0.2, 0) is 11.2 Å². The number of rotatable bonds is 6. The minimum atomic E-state index is -0.0868. The highest BCUT2D eigenvalue weighted by Gasteiger charge is 2.22. The van der Waals surface area contributed by atoms with E-state index in [1.807, 2.05) is 6.07 Å². The maximum absolute atomic E-state index is 12.1. The van der Waals surface area contributed by atoms with Crippen molar-refractivity contribution in [3.05, 3.63) is 35.9 Å². The molecule has 1 aliphatic heterocycles. The van der Waals surface area contributed by atoms with Crippen molar-refractivity contribution in [1.29, 1.82) is 0 Å². The van der Waals surface area contributed by atoms with Gasteiger partial charge in [0.25, 0.3) is 0 Å². The number of carbonyl (C=O) groups is 1. The molecule has 1 unspecified atom stereocenters. The van der Waals surface area contributed by atoms with E-state index in [9.17, 15) is 4.79 Å². The van der Waals surface area contributed by atoms with Crippen molar-refractivity contribution >= 4 is 6.03 Å². The third-order valence-corrected chi connectivity index (χ3v) is 4.15. The van der Waals surface area contributed by atoms with E-state index in [4.69, 9.17) is 4.74 Å². The molecule has 1 heterocycles. The van der Waals surface area contributed by atoms with Crippen LogP contribution in [0.1, 0.15) is 26.3 Å². The molecule has 0 spiro atoms. The average molecular weight is 333 g/mol. The summed E-state index contributed by atoms with van der Waals surface area (Å²) in [6, 6.07) is 10.7. The number of amides is 2. The van der Waals surface area contributed by atoms with Crippen LogP contribution in [0.15, 0.2) is 30.3 Å². The van der Waals surface area contributed by atoms with Crippen molar-refractivity contribution in [2.45, 2.75) is 33.2 Å². The summed E-state index contributed by atoms with van der Waals surface area (Å²) in [4.78, 5) is 14.5. The molecule has 1 fully saturated rings. The summed E-state index contributed by atoms with van der Waals surface area (Å²) in [7, 11) is 0. The zero-order valence-electron chi connectivity index (χ0n) is 15.2. The van der Waals surface area contributed by atoms with Crippen LogP contribution in [0.25, 0.3) is 0 Å². The van der Waals surface area contributed by atoms with Crippen molar-refractivity contribution in [2.75, 3.05) is 39.4 Å². The maximum Gasteiger partial charge on any atom is 0.314 e. The minimum absolute atomic E-state index is 0.0868. The van der Waals surface area contributed by atoms with Gasteiger partial charge in [0.1, 0.15) is 0 Å². The Morgan fingerprint density at radius 3 is 2.46 bits per heavy atom. The lowest BCUT2D eigenvalue weighted by atomic mass is 9.97. The number of urea groups is 1. The number of nitrogens with zero attached hydrogens (tertiary/aromatic N) is 1. The predicted molar refractivity (Wildman–Crippen MR) is 97.2 cm³/mol. The summed E-state index contributed by atoms with van der Waals surface area (Å²) in [5, 5.41) is 5.99. The number of morpholine rings is 1. The quantitative estimate of drug-likeness (QED) is 0.840. The van der Waals surface area contributed by atoms with E-state index in [0.717, 1.165) is 32.7 Å². The molecule has 1 atom stereocenters. The van der Waals surface area contributed by atoms with Crippen LogP contribution in [0.5, 0.6) is 0 Å². The Kier molecular flexibility index (Phi) is 7.06. The highest BCUT2D eigenvalue weighted by Crippen LogP contribution is 2.12. The topological polar surface area (TPSA) is 53.6 Å². The van der Waals surface area contributed by atoms with Crippen LogP contribution in [-0.4, -0.2) is 56.4 Å². The predicted octanol–water partition coefficient (Wildman–Crippen LogP) is 2.28. The SMILES string of the molecule is CC(C)(C)CNC(=O)NCC(Cc1ccccc1)N1CCOCC1. The zero-order chi connectivity index (χ0) is 17.4. The van der Waals surface area contributed by atoms with E-state index < -0.39 is 0 Å². The Labute approximate surface area is 145 Å². The van der Waals surface area contributed by atoms with Crippen LogP contribution in [0.4, 0.5) is 4.79 Å². The molecule has 0 aliphatic carbocycles. The number of hydrogen-bond acceptors (Lipinski definition) is 3. The monoisotopic (exact) mass is 333 g/mol. The molecule has 5 heteroatoms. The van der Waals surface area contributed by atoms with E-state index in [1.165, 1.54) is 5.56 Å². The average Bonchev–Trinajstić information content (AvgIpc) is 2.58. The molecule has 0 aromatic heterocycles. The van der Waals surface area contributed by atoms with Gasteiger partial charge >= 0.3 is 6.03 Å². The lowest BCUT2D eigenvalue weighted by molar-refractivity contribution is 0.0172. The van der Waals surface area contributed by atoms with Gasteiger partial charge in [-0.05, 0) is 17.4 Å². The molecule has 24 heavy (non-hydrogen) atoms. The second kappa shape index (κ2) is 9.04. The molecular weight excluding hydrogens is 302 g/mol. The minimum Gasteiger partial charge on any atom is -0.379 e. The lowest BCUT2D eigenvalue weighted by Crippen LogP contribution is -2.51. The Morgan fingerprint density at radius 2 is 1.83 bits per heavy atom. The van der Waals surface area contributed by atoms with Gasteiger partial charge in [0.2, 0.25) is 0 Å². The third-order valence-electron chi connectivity index (χ3n) is 4.15. The highest BCUT2D eigenvalue weighted by molar-refractivity contribution is 5.73. The van der Waals surface area contributed by atoms with Crippen molar-refractivity contribution in [3.8, 4) is 0 Å². The number of nitrogens with one attached hydrogen (secondary N) is 2. The fourth-order valence-corrected chi connectivity index (χ4v) is 2.78. The molecule has 1 aliphatic rings. The maximum atomic E-state index is 12.1. The fraction of sp³-hybridized carbons (Fsp3) is 0.632. The van der Waals surface area contributed by atoms with Crippen LogP contribution in [0.2, 0.25) is 0 Å². The molecule has 1 saturated heterocycles. The third kappa shape index (κ3) is 6.89. The van der Waals surface area contributed by atoms with E-state index in [0.29, 0.717) is 13.1 Å². The highest BCUT2D eigenvalue weighted by atomic mass is 16.5.